The molecular weight excluding hydrogens is 342 g/mol. The number of alkyl halides is 3. The quantitative estimate of drug-likeness (QED) is 0.794. The van der Waals surface area contributed by atoms with E-state index in [1.807, 2.05) is 31.2 Å². The molecule has 0 saturated carbocycles. The molecule has 1 nitrogen and oxygen atoms in total. The number of hydrogen-bond donors (Lipinski definition) is 1. The number of hydrogen-bond acceptors (Lipinski definition) is 1. The lowest BCUT2D eigenvalue weighted by molar-refractivity contribution is -0.139. The van der Waals surface area contributed by atoms with Gasteiger partial charge >= 0.3 is 6.18 Å². The molecule has 0 aromatic heterocycles. The Balaban J connectivity index is 2.54. The Kier molecular flexibility index (Phi) is 5.24. The van der Waals surface area contributed by atoms with Gasteiger partial charge in [0.25, 0.3) is 0 Å². The van der Waals surface area contributed by atoms with Crippen molar-refractivity contribution in [1.29, 1.82) is 0 Å². The average Bonchev–Trinajstić information content (AvgIpc) is 2.15. The van der Waals surface area contributed by atoms with Crippen molar-refractivity contribution in [2.24, 2.45) is 0 Å². The molecular formula is C12H15F3IN. The molecule has 0 radical (unpaired) electrons. The Hall–Kier alpha value is -0.300. The number of benzene rings is 1. The molecule has 17 heavy (non-hydrogen) atoms. The molecule has 1 rings (SSSR count). The molecule has 0 spiro atoms. The fourth-order valence-electron chi connectivity index (χ4n) is 1.68. The van der Waals surface area contributed by atoms with E-state index < -0.39 is 18.6 Å². The van der Waals surface area contributed by atoms with Crippen molar-refractivity contribution in [3.05, 3.63) is 33.4 Å². The van der Waals surface area contributed by atoms with Gasteiger partial charge in [0.1, 0.15) is 0 Å². The third-order valence-electron chi connectivity index (χ3n) is 2.44. The van der Waals surface area contributed by atoms with Gasteiger partial charge in [0.05, 0.1) is 6.42 Å². The van der Waals surface area contributed by atoms with E-state index in [-0.39, 0.29) is 6.04 Å². The zero-order valence-corrected chi connectivity index (χ0v) is 11.8. The lowest BCUT2D eigenvalue weighted by Gasteiger charge is -2.21. The van der Waals surface area contributed by atoms with E-state index in [1.54, 1.807) is 6.92 Å². The maximum Gasteiger partial charge on any atom is 0.390 e. The van der Waals surface area contributed by atoms with E-state index in [0.29, 0.717) is 0 Å². The van der Waals surface area contributed by atoms with E-state index in [4.69, 9.17) is 0 Å². The molecule has 0 amide bonds. The van der Waals surface area contributed by atoms with Crippen LogP contribution in [0.15, 0.2) is 24.3 Å². The lowest BCUT2D eigenvalue weighted by atomic mass is 10.1. The first-order valence-electron chi connectivity index (χ1n) is 5.36. The molecule has 0 aliphatic heterocycles. The summed E-state index contributed by atoms with van der Waals surface area (Å²) in [6, 6.07) is 7.10. The fraction of sp³-hybridized carbons (Fsp3) is 0.500. The van der Waals surface area contributed by atoms with Crippen LogP contribution in [-0.2, 0) is 0 Å². The number of halogens is 4. The predicted octanol–water partition coefficient (Wildman–Crippen LogP) is 4.28. The van der Waals surface area contributed by atoms with Gasteiger partial charge in [-0.1, -0.05) is 12.1 Å². The van der Waals surface area contributed by atoms with E-state index >= 15 is 0 Å². The van der Waals surface area contributed by atoms with Crippen LogP contribution in [0.5, 0.6) is 0 Å². The SMILES string of the molecule is CC(CC(F)(F)F)NC(C)c1ccc(I)cc1. The van der Waals surface area contributed by atoms with Gasteiger partial charge in [0.2, 0.25) is 0 Å². The maximum atomic E-state index is 12.2. The van der Waals surface area contributed by atoms with E-state index in [0.717, 1.165) is 9.13 Å². The van der Waals surface area contributed by atoms with Gasteiger partial charge in [0.15, 0.2) is 0 Å². The third kappa shape index (κ3) is 5.72. The van der Waals surface area contributed by atoms with Crippen molar-refractivity contribution in [3.63, 3.8) is 0 Å². The third-order valence-corrected chi connectivity index (χ3v) is 3.16. The summed E-state index contributed by atoms with van der Waals surface area (Å²) in [4.78, 5) is 0. The normalized spacial score (nSPS) is 15.6. The summed E-state index contributed by atoms with van der Waals surface area (Å²) in [6.07, 6.45) is -4.92. The first-order chi connectivity index (χ1) is 7.78. The summed E-state index contributed by atoms with van der Waals surface area (Å²) in [7, 11) is 0. The lowest BCUT2D eigenvalue weighted by Crippen LogP contribution is -2.33. The molecule has 2 atom stereocenters. The van der Waals surface area contributed by atoms with Crippen molar-refractivity contribution in [2.45, 2.75) is 38.5 Å². The van der Waals surface area contributed by atoms with Crippen LogP contribution in [0.3, 0.4) is 0 Å². The molecule has 5 heteroatoms. The van der Waals surface area contributed by atoms with Gasteiger partial charge in [-0.25, -0.2) is 0 Å². The summed E-state index contributed by atoms with van der Waals surface area (Å²) < 4.78 is 37.6. The summed E-state index contributed by atoms with van der Waals surface area (Å²) in [6.45, 7) is 3.42. The summed E-state index contributed by atoms with van der Waals surface area (Å²) >= 11 is 2.19. The first kappa shape index (κ1) is 14.8. The average molecular weight is 357 g/mol. The fourth-order valence-corrected chi connectivity index (χ4v) is 2.04. The van der Waals surface area contributed by atoms with Crippen LogP contribution in [0.25, 0.3) is 0 Å². The van der Waals surface area contributed by atoms with Crippen molar-refractivity contribution in [1.82, 2.24) is 5.32 Å². The van der Waals surface area contributed by atoms with Gasteiger partial charge in [-0.15, -0.1) is 0 Å². The summed E-state index contributed by atoms with van der Waals surface area (Å²) in [5, 5.41) is 2.95. The summed E-state index contributed by atoms with van der Waals surface area (Å²) in [5.41, 5.74) is 0.999. The minimum Gasteiger partial charge on any atom is -0.307 e. The van der Waals surface area contributed by atoms with Crippen LogP contribution in [0.4, 0.5) is 13.2 Å². The Morgan fingerprint density at radius 1 is 1.18 bits per heavy atom. The van der Waals surface area contributed by atoms with Crippen molar-refractivity contribution < 1.29 is 13.2 Å². The van der Waals surface area contributed by atoms with Crippen LogP contribution in [-0.4, -0.2) is 12.2 Å². The van der Waals surface area contributed by atoms with Gasteiger partial charge in [0, 0.05) is 15.7 Å². The largest absolute Gasteiger partial charge is 0.390 e. The van der Waals surface area contributed by atoms with Crippen molar-refractivity contribution in [3.8, 4) is 0 Å². The van der Waals surface area contributed by atoms with Crippen LogP contribution in [0.1, 0.15) is 31.9 Å². The molecule has 1 aromatic carbocycles. The van der Waals surface area contributed by atoms with E-state index in [1.165, 1.54) is 0 Å². The minimum absolute atomic E-state index is 0.0793. The van der Waals surface area contributed by atoms with Gasteiger partial charge < -0.3 is 5.32 Å². The topological polar surface area (TPSA) is 12.0 Å². The predicted molar refractivity (Wildman–Crippen MR) is 70.8 cm³/mol. The van der Waals surface area contributed by atoms with E-state index in [9.17, 15) is 13.2 Å². The molecule has 1 aromatic rings. The Morgan fingerprint density at radius 3 is 2.18 bits per heavy atom. The van der Waals surface area contributed by atoms with Gasteiger partial charge in [-0.2, -0.15) is 13.2 Å². The Bertz CT molecular complexity index is 348. The van der Waals surface area contributed by atoms with E-state index in [2.05, 4.69) is 27.9 Å². The zero-order chi connectivity index (χ0) is 13.1. The van der Waals surface area contributed by atoms with Gasteiger partial charge in [-0.05, 0) is 54.1 Å². The summed E-state index contributed by atoms with van der Waals surface area (Å²) in [5.74, 6) is 0. The highest BCUT2D eigenvalue weighted by Crippen LogP contribution is 2.23. The van der Waals surface area contributed by atoms with Crippen LogP contribution >= 0.6 is 22.6 Å². The van der Waals surface area contributed by atoms with Crippen LogP contribution in [0.2, 0.25) is 0 Å². The monoisotopic (exact) mass is 357 g/mol. The number of nitrogens with one attached hydrogen (secondary N) is 1. The van der Waals surface area contributed by atoms with Crippen molar-refractivity contribution in [2.75, 3.05) is 0 Å². The van der Waals surface area contributed by atoms with Crippen molar-refractivity contribution >= 4 is 22.6 Å². The molecule has 0 aliphatic rings. The zero-order valence-electron chi connectivity index (χ0n) is 9.68. The second kappa shape index (κ2) is 6.04. The highest BCUT2D eigenvalue weighted by atomic mass is 127. The smallest absolute Gasteiger partial charge is 0.307 e. The molecule has 0 aliphatic carbocycles. The molecule has 0 fully saturated rings. The van der Waals surface area contributed by atoms with Crippen LogP contribution < -0.4 is 5.32 Å². The molecule has 1 N–H and O–H groups in total. The molecule has 0 bridgehead atoms. The van der Waals surface area contributed by atoms with Crippen LogP contribution in [0, 0.1) is 3.57 Å². The second-order valence-corrected chi connectivity index (χ2v) is 5.41. The first-order valence-corrected chi connectivity index (χ1v) is 6.44. The highest BCUT2D eigenvalue weighted by Gasteiger charge is 2.30. The maximum absolute atomic E-state index is 12.2. The Labute approximate surface area is 113 Å². The Morgan fingerprint density at radius 2 is 1.71 bits per heavy atom. The molecule has 2 unspecified atom stereocenters. The second-order valence-electron chi connectivity index (χ2n) is 4.16. The molecule has 96 valence electrons. The number of rotatable bonds is 4. The standard InChI is InChI=1S/C12H15F3IN/c1-8(7-12(13,14)15)17-9(2)10-3-5-11(16)6-4-10/h3-6,8-9,17H,7H2,1-2H3. The highest BCUT2D eigenvalue weighted by molar-refractivity contribution is 14.1. The molecule has 0 saturated heterocycles. The minimum atomic E-state index is -4.11. The van der Waals surface area contributed by atoms with Gasteiger partial charge in [-0.3, -0.25) is 0 Å². The molecule has 0 heterocycles.